The normalized spacial score (nSPS) is 22.8. The topological polar surface area (TPSA) is 33.6 Å². The average molecular weight is 262 g/mol. The maximum Gasteiger partial charge on any atom is 0.161 e. The quantitative estimate of drug-likeness (QED) is 0.907. The number of nitrogens with zero attached hydrogens (tertiary/aromatic N) is 1. The molecule has 3 rings (SSSR count). The minimum absolute atomic E-state index is 0.715. The Kier molecular flexibility index (Phi) is 3.20. The summed E-state index contributed by atoms with van der Waals surface area (Å²) >= 11 is 1.90. The van der Waals surface area contributed by atoms with E-state index in [1.165, 1.54) is 12.8 Å². The van der Waals surface area contributed by atoms with Gasteiger partial charge in [-0.3, -0.25) is 4.99 Å². The maximum atomic E-state index is 5.26. The first-order chi connectivity index (χ1) is 8.76. The van der Waals surface area contributed by atoms with E-state index in [9.17, 15) is 0 Å². The Balaban J connectivity index is 1.64. The monoisotopic (exact) mass is 262 g/mol. The molecule has 1 N–H and O–H groups in total. The second kappa shape index (κ2) is 4.84. The molecule has 1 unspecified atom stereocenters. The summed E-state index contributed by atoms with van der Waals surface area (Å²) < 4.78 is 5.26. The molecule has 0 bridgehead atoms. The third-order valence-electron chi connectivity index (χ3n) is 3.47. The van der Waals surface area contributed by atoms with E-state index in [2.05, 4.69) is 23.3 Å². The molecule has 1 aromatic carbocycles. The molecule has 0 amide bonds. The maximum absolute atomic E-state index is 5.26. The second-order valence-corrected chi connectivity index (χ2v) is 6.18. The first kappa shape index (κ1) is 11.9. The lowest BCUT2D eigenvalue weighted by Gasteiger charge is -2.10. The fraction of sp³-hybridized carbons (Fsp3) is 0.500. The predicted octanol–water partition coefficient (Wildman–Crippen LogP) is 3.30. The lowest BCUT2D eigenvalue weighted by molar-refractivity contribution is 0.412. The standard InChI is InChI=1S/C14H18N2OS/c1-9-7-11(5-6-12(9)17-2)16-14-15-8-13(18-14)10-3-4-10/h5-7,10,13H,3-4,8H2,1-2H3,(H,15,16). The van der Waals surface area contributed by atoms with Crippen LogP contribution in [0.2, 0.25) is 0 Å². The Morgan fingerprint density at radius 3 is 2.89 bits per heavy atom. The van der Waals surface area contributed by atoms with Crippen LogP contribution in [-0.2, 0) is 0 Å². The van der Waals surface area contributed by atoms with Gasteiger partial charge in [0.15, 0.2) is 5.17 Å². The zero-order chi connectivity index (χ0) is 12.5. The highest BCUT2D eigenvalue weighted by Gasteiger charge is 2.35. The highest BCUT2D eigenvalue weighted by molar-refractivity contribution is 8.15. The van der Waals surface area contributed by atoms with Crippen molar-refractivity contribution in [2.75, 3.05) is 19.0 Å². The molecule has 1 heterocycles. The molecule has 1 fully saturated rings. The summed E-state index contributed by atoms with van der Waals surface area (Å²) in [6, 6.07) is 6.14. The van der Waals surface area contributed by atoms with Crippen molar-refractivity contribution < 1.29 is 4.74 Å². The molecule has 0 aromatic heterocycles. The molecule has 1 atom stereocenters. The fourth-order valence-electron chi connectivity index (χ4n) is 2.25. The van der Waals surface area contributed by atoms with Crippen LogP contribution in [0.4, 0.5) is 5.69 Å². The van der Waals surface area contributed by atoms with Crippen LogP contribution in [-0.4, -0.2) is 24.1 Å². The third-order valence-corrected chi connectivity index (χ3v) is 4.76. The van der Waals surface area contributed by atoms with E-state index >= 15 is 0 Å². The van der Waals surface area contributed by atoms with E-state index in [-0.39, 0.29) is 0 Å². The van der Waals surface area contributed by atoms with Gasteiger partial charge in [0, 0.05) is 10.9 Å². The number of benzene rings is 1. The summed E-state index contributed by atoms with van der Waals surface area (Å²) in [4.78, 5) is 4.58. The van der Waals surface area contributed by atoms with Gasteiger partial charge in [0.2, 0.25) is 0 Å². The first-order valence-electron chi connectivity index (χ1n) is 6.39. The number of amidine groups is 1. The lowest BCUT2D eigenvalue weighted by atomic mass is 10.2. The van der Waals surface area contributed by atoms with E-state index in [1.54, 1.807) is 7.11 Å². The zero-order valence-corrected chi connectivity index (χ0v) is 11.6. The first-order valence-corrected chi connectivity index (χ1v) is 7.27. The number of aryl methyl sites for hydroxylation is 1. The van der Waals surface area contributed by atoms with Gasteiger partial charge in [-0.1, -0.05) is 11.8 Å². The highest BCUT2D eigenvalue weighted by atomic mass is 32.2. The minimum Gasteiger partial charge on any atom is -0.496 e. The van der Waals surface area contributed by atoms with Gasteiger partial charge < -0.3 is 10.1 Å². The van der Waals surface area contributed by atoms with Gasteiger partial charge in [-0.2, -0.15) is 0 Å². The van der Waals surface area contributed by atoms with Crippen molar-refractivity contribution in [1.29, 1.82) is 0 Å². The van der Waals surface area contributed by atoms with E-state index in [0.717, 1.165) is 34.6 Å². The third kappa shape index (κ3) is 2.48. The molecule has 1 saturated carbocycles. The van der Waals surface area contributed by atoms with Crippen molar-refractivity contribution in [1.82, 2.24) is 0 Å². The number of rotatable bonds is 3. The summed E-state index contributed by atoms with van der Waals surface area (Å²) in [7, 11) is 1.70. The highest BCUT2D eigenvalue weighted by Crippen LogP contribution is 2.42. The second-order valence-electron chi connectivity index (χ2n) is 4.95. The zero-order valence-electron chi connectivity index (χ0n) is 10.8. The summed E-state index contributed by atoms with van der Waals surface area (Å²) in [6.45, 7) is 3.04. The van der Waals surface area contributed by atoms with Crippen LogP contribution < -0.4 is 10.1 Å². The molecule has 3 nitrogen and oxygen atoms in total. The van der Waals surface area contributed by atoms with Crippen molar-refractivity contribution in [3.63, 3.8) is 0 Å². The van der Waals surface area contributed by atoms with Gasteiger partial charge in [-0.05, 0) is 49.4 Å². The van der Waals surface area contributed by atoms with Crippen LogP contribution in [0.15, 0.2) is 23.2 Å². The van der Waals surface area contributed by atoms with E-state index < -0.39 is 0 Å². The number of anilines is 1. The molecule has 96 valence electrons. The molecular formula is C14H18N2OS. The van der Waals surface area contributed by atoms with Crippen molar-refractivity contribution in [3.8, 4) is 5.75 Å². The van der Waals surface area contributed by atoms with Crippen LogP contribution in [0.5, 0.6) is 5.75 Å². The number of ether oxygens (including phenoxy) is 1. The van der Waals surface area contributed by atoms with Crippen LogP contribution >= 0.6 is 11.8 Å². The molecule has 0 spiro atoms. The van der Waals surface area contributed by atoms with Crippen LogP contribution in [0, 0.1) is 12.8 Å². The molecule has 0 saturated heterocycles. The van der Waals surface area contributed by atoms with Crippen molar-refractivity contribution >= 4 is 22.6 Å². The molecular weight excluding hydrogens is 244 g/mol. The molecule has 0 radical (unpaired) electrons. The summed E-state index contributed by atoms with van der Waals surface area (Å²) in [5, 5.41) is 5.18. The molecule has 1 aliphatic heterocycles. The van der Waals surface area contributed by atoms with E-state index in [0.29, 0.717) is 5.25 Å². The van der Waals surface area contributed by atoms with Crippen LogP contribution in [0.25, 0.3) is 0 Å². The van der Waals surface area contributed by atoms with Gasteiger partial charge in [-0.25, -0.2) is 0 Å². The van der Waals surface area contributed by atoms with E-state index in [1.807, 2.05) is 23.9 Å². The average Bonchev–Trinajstić information content (AvgIpc) is 3.11. The summed E-state index contributed by atoms with van der Waals surface area (Å²) in [5.74, 6) is 1.84. The van der Waals surface area contributed by atoms with Gasteiger partial charge in [0.25, 0.3) is 0 Å². The Morgan fingerprint density at radius 1 is 1.39 bits per heavy atom. The Hall–Kier alpha value is -1.16. The van der Waals surface area contributed by atoms with Gasteiger partial charge in [-0.15, -0.1) is 0 Å². The largest absolute Gasteiger partial charge is 0.496 e. The Morgan fingerprint density at radius 2 is 2.22 bits per heavy atom. The summed E-state index contributed by atoms with van der Waals surface area (Å²) in [5.41, 5.74) is 2.24. The van der Waals surface area contributed by atoms with Crippen molar-refractivity contribution in [3.05, 3.63) is 23.8 Å². The van der Waals surface area contributed by atoms with E-state index in [4.69, 9.17) is 4.74 Å². The number of methoxy groups -OCH3 is 1. The molecule has 1 aromatic rings. The SMILES string of the molecule is COc1ccc(NC2=NCC(C3CC3)S2)cc1C. The van der Waals surface area contributed by atoms with Gasteiger partial charge in [0.05, 0.1) is 13.7 Å². The van der Waals surface area contributed by atoms with Crippen molar-refractivity contribution in [2.45, 2.75) is 25.0 Å². The van der Waals surface area contributed by atoms with Gasteiger partial charge in [0.1, 0.15) is 5.75 Å². The number of aliphatic imine (C=N–C) groups is 1. The number of nitrogens with one attached hydrogen (secondary N) is 1. The molecule has 2 aliphatic rings. The number of thioether (sulfide) groups is 1. The predicted molar refractivity (Wildman–Crippen MR) is 77.8 cm³/mol. The lowest BCUT2D eigenvalue weighted by Crippen LogP contribution is -2.09. The Labute approximate surface area is 112 Å². The smallest absolute Gasteiger partial charge is 0.161 e. The summed E-state index contributed by atoms with van der Waals surface area (Å²) in [6.07, 6.45) is 2.78. The number of hydrogen-bond donors (Lipinski definition) is 1. The molecule has 18 heavy (non-hydrogen) atoms. The molecule has 1 aliphatic carbocycles. The van der Waals surface area contributed by atoms with Crippen LogP contribution in [0.1, 0.15) is 18.4 Å². The fourth-order valence-corrected chi connectivity index (χ4v) is 3.48. The van der Waals surface area contributed by atoms with Gasteiger partial charge >= 0.3 is 0 Å². The Bertz CT molecular complexity index is 483. The minimum atomic E-state index is 0.715. The molecule has 4 heteroatoms. The van der Waals surface area contributed by atoms with Crippen LogP contribution in [0.3, 0.4) is 0 Å². The van der Waals surface area contributed by atoms with Crippen molar-refractivity contribution in [2.24, 2.45) is 10.9 Å². The number of hydrogen-bond acceptors (Lipinski definition) is 4.